The molecule has 2 saturated heterocycles. The molecule has 2 heterocycles. The molecular weight excluding hydrogens is 547 g/mol. The van der Waals surface area contributed by atoms with Gasteiger partial charge in [-0.1, -0.05) is 73.1 Å². The molecule has 9 heteroatoms. The largest absolute Gasteiger partial charge is 0.495 e. The summed E-state index contributed by atoms with van der Waals surface area (Å²) in [6.45, 7) is 14.3. The third-order valence-corrected chi connectivity index (χ3v) is 8.31. The van der Waals surface area contributed by atoms with Crippen molar-refractivity contribution >= 4 is 40.5 Å². The number of likely N-dealkylation sites (N-methyl/N-ethyl adjacent to an activating group) is 1. The molecule has 2 atom stereocenters. The Morgan fingerprint density at radius 1 is 1.05 bits per heavy atom. The Morgan fingerprint density at radius 3 is 2.24 bits per heavy atom. The fourth-order valence-electron chi connectivity index (χ4n) is 5.19. The van der Waals surface area contributed by atoms with Crippen LogP contribution in [0.25, 0.3) is 0 Å². The van der Waals surface area contributed by atoms with Crippen molar-refractivity contribution in [2.45, 2.75) is 84.9 Å². The minimum atomic E-state index is -0.727. The molecule has 2 aliphatic rings. The van der Waals surface area contributed by atoms with E-state index in [9.17, 15) is 9.59 Å². The number of amides is 2. The van der Waals surface area contributed by atoms with Gasteiger partial charge in [0.1, 0.15) is 18.8 Å². The first-order chi connectivity index (χ1) is 17.6. The van der Waals surface area contributed by atoms with E-state index in [2.05, 4.69) is 15.9 Å². The number of carbonyl (C=O) groups is 2. The van der Waals surface area contributed by atoms with Gasteiger partial charge in [0.25, 0.3) is 0 Å². The van der Waals surface area contributed by atoms with Gasteiger partial charge in [0.15, 0.2) is 0 Å². The number of hydrogen-bond acceptors (Lipinski definition) is 5. The molecule has 38 heavy (non-hydrogen) atoms. The highest BCUT2D eigenvalue weighted by atomic mass is 79.9. The van der Waals surface area contributed by atoms with E-state index in [1.165, 1.54) is 0 Å². The lowest BCUT2D eigenvalue weighted by Crippen LogP contribution is -2.51. The van der Waals surface area contributed by atoms with Crippen molar-refractivity contribution in [3.05, 3.63) is 64.1 Å². The highest BCUT2D eigenvalue weighted by Crippen LogP contribution is 2.38. The lowest BCUT2D eigenvalue weighted by Gasteiger charge is -2.38. The second-order valence-corrected chi connectivity index (χ2v) is 13.2. The monoisotopic (exact) mass is 584 g/mol. The zero-order valence-corrected chi connectivity index (χ0v) is 25.2. The quantitative estimate of drug-likeness (QED) is 0.455. The van der Waals surface area contributed by atoms with Crippen LogP contribution < -0.4 is 5.46 Å². The average molecular weight is 585 g/mol. The Kier molecular flexibility index (Phi) is 7.78. The van der Waals surface area contributed by atoms with Crippen molar-refractivity contribution < 1.29 is 23.6 Å². The lowest BCUT2D eigenvalue weighted by atomic mass is 9.74. The first kappa shape index (κ1) is 28.6. The predicted octanol–water partition coefficient (Wildman–Crippen LogP) is 5.14. The first-order valence-corrected chi connectivity index (χ1v) is 13.8. The van der Waals surface area contributed by atoms with Crippen molar-refractivity contribution in [1.82, 2.24) is 9.80 Å². The van der Waals surface area contributed by atoms with Gasteiger partial charge in [-0.05, 0) is 56.4 Å². The number of carbonyl (C=O) groups excluding carboxylic acids is 2. The fraction of sp³-hybridized carbons (Fsp3) is 0.517. The van der Waals surface area contributed by atoms with Crippen LogP contribution in [0.2, 0.25) is 0 Å². The van der Waals surface area contributed by atoms with E-state index in [0.29, 0.717) is 6.42 Å². The maximum absolute atomic E-state index is 13.7. The van der Waals surface area contributed by atoms with Crippen LogP contribution in [0.3, 0.4) is 0 Å². The maximum atomic E-state index is 13.7. The molecule has 0 saturated carbocycles. The molecule has 2 fully saturated rings. The van der Waals surface area contributed by atoms with Gasteiger partial charge >= 0.3 is 13.2 Å². The van der Waals surface area contributed by atoms with Crippen molar-refractivity contribution in [1.29, 1.82) is 0 Å². The Labute approximate surface area is 235 Å². The number of halogens is 1. The Hall–Kier alpha value is -2.36. The summed E-state index contributed by atoms with van der Waals surface area (Å²) in [5.74, 6) is -0.121. The second-order valence-electron chi connectivity index (χ2n) is 12.3. The van der Waals surface area contributed by atoms with Crippen LogP contribution in [0.1, 0.15) is 59.6 Å². The lowest BCUT2D eigenvalue weighted by molar-refractivity contribution is -0.129. The molecule has 0 bridgehead atoms. The minimum Gasteiger partial charge on any atom is -0.444 e. The molecule has 2 aromatic rings. The summed E-state index contributed by atoms with van der Waals surface area (Å²) in [5, 5.41) is 0. The van der Waals surface area contributed by atoms with Gasteiger partial charge in [-0.2, -0.15) is 0 Å². The minimum absolute atomic E-state index is 0.121. The Bertz CT molecular complexity index is 1180. The molecule has 2 aromatic carbocycles. The molecule has 2 aliphatic heterocycles. The van der Waals surface area contributed by atoms with Crippen LogP contribution in [0.15, 0.2) is 53.0 Å². The molecule has 1 unspecified atom stereocenters. The number of ether oxygens (including phenoxy) is 1. The smallest absolute Gasteiger partial charge is 0.444 e. The van der Waals surface area contributed by atoms with Crippen LogP contribution in [-0.2, 0) is 31.9 Å². The van der Waals surface area contributed by atoms with Gasteiger partial charge in [-0.15, -0.1) is 0 Å². The molecule has 0 aromatic heterocycles. The van der Waals surface area contributed by atoms with Crippen molar-refractivity contribution in [3.63, 3.8) is 0 Å². The standard InChI is InChI=1S/C29H38BBrN2O5/c1-27(2,3)25-32(8)24(34)23(33(25)26(35)36-18-19-12-10-9-11-13-19)16-20-14-15-21(31)17-22(20)30-37-28(4,5)29(6,7)38-30/h9-15,17,23,25H,16,18H2,1-8H3/t23-,25?/m0/s1. The van der Waals surface area contributed by atoms with Gasteiger partial charge < -0.3 is 18.9 Å². The zero-order valence-electron chi connectivity index (χ0n) is 23.6. The van der Waals surface area contributed by atoms with Gasteiger partial charge in [0.05, 0.1) is 11.2 Å². The topological polar surface area (TPSA) is 68.3 Å². The number of hydrogen-bond donors (Lipinski definition) is 0. The van der Waals surface area contributed by atoms with E-state index in [1.54, 1.807) is 16.8 Å². The molecule has 2 amide bonds. The third kappa shape index (κ3) is 5.51. The van der Waals surface area contributed by atoms with E-state index in [4.69, 9.17) is 14.0 Å². The van der Waals surface area contributed by atoms with Gasteiger partial charge in [-0.3, -0.25) is 9.69 Å². The first-order valence-electron chi connectivity index (χ1n) is 13.0. The van der Waals surface area contributed by atoms with Gasteiger partial charge in [0.2, 0.25) is 5.91 Å². The molecule has 0 radical (unpaired) electrons. The van der Waals surface area contributed by atoms with Crippen LogP contribution in [0, 0.1) is 5.41 Å². The molecular formula is C29H38BBrN2O5. The summed E-state index contributed by atoms with van der Waals surface area (Å²) in [5.41, 5.74) is 1.20. The highest BCUT2D eigenvalue weighted by Gasteiger charge is 2.54. The van der Waals surface area contributed by atoms with Crippen molar-refractivity contribution in [2.75, 3.05) is 7.05 Å². The van der Waals surface area contributed by atoms with Crippen LogP contribution in [0.4, 0.5) is 4.79 Å². The van der Waals surface area contributed by atoms with E-state index in [0.717, 1.165) is 21.1 Å². The van der Waals surface area contributed by atoms with E-state index >= 15 is 0 Å². The molecule has 7 nitrogen and oxygen atoms in total. The zero-order chi connectivity index (χ0) is 28.0. The summed E-state index contributed by atoms with van der Waals surface area (Å²) in [6.07, 6.45) is -0.659. The maximum Gasteiger partial charge on any atom is 0.495 e. The molecule has 0 spiro atoms. The van der Waals surface area contributed by atoms with E-state index < -0.39 is 36.6 Å². The summed E-state index contributed by atoms with van der Waals surface area (Å²) in [7, 11) is 1.16. The summed E-state index contributed by atoms with van der Waals surface area (Å²) in [4.78, 5) is 30.5. The number of nitrogens with zero attached hydrogens (tertiary/aromatic N) is 2. The highest BCUT2D eigenvalue weighted by molar-refractivity contribution is 9.10. The number of benzene rings is 2. The van der Waals surface area contributed by atoms with Gasteiger partial charge in [-0.25, -0.2) is 4.79 Å². The van der Waals surface area contributed by atoms with Crippen LogP contribution >= 0.6 is 15.9 Å². The molecule has 0 N–H and O–H groups in total. The normalized spacial score (nSPS) is 22.8. The molecule has 4 rings (SSSR count). The number of rotatable bonds is 5. The van der Waals surface area contributed by atoms with Crippen molar-refractivity contribution in [2.24, 2.45) is 5.41 Å². The third-order valence-electron chi connectivity index (χ3n) is 7.82. The van der Waals surface area contributed by atoms with E-state index in [-0.39, 0.29) is 17.9 Å². The fourth-order valence-corrected chi connectivity index (χ4v) is 5.56. The summed E-state index contributed by atoms with van der Waals surface area (Å²) < 4.78 is 19.3. The van der Waals surface area contributed by atoms with Crippen molar-refractivity contribution in [3.8, 4) is 0 Å². The SMILES string of the molecule is CN1C(=O)[C@H](Cc2ccc(Br)cc2B2OC(C)(C)C(C)(C)O2)N(C(=O)OCc2ccccc2)C1C(C)(C)C. The van der Waals surface area contributed by atoms with E-state index in [1.807, 2.05) is 97.0 Å². The second kappa shape index (κ2) is 10.3. The Balaban J connectivity index is 1.67. The summed E-state index contributed by atoms with van der Waals surface area (Å²) in [6, 6.07) is 14.7. The average Bonchev–Trinajstić information content (AvgIpc) is 3.21. The van der Waals surface area contributed by atoms with Crippen LogP contribution in [-0.4, -0.2) is 59.4 Å². The van der Waals surface area contributed by atoms with Crippen LogP contribution in [0.5, 0.6) is 0 Å². The molecule has 204 valence electrons. The predicted molar refractivity (Wildman–Crippen MR) is 152 cm³/mol. The van der Waals surface area contributed by atoms with Gasteiger partial charge in [0, 0.05) is 23.4 Å². The molecule has 0 aliphatic carbocycles. The summed E-state index contributed by atoms with van der Waals surface area (Å²) >= 11 is 3.58. The Morgan fingerprint density at radius 2 is 1.66 bits per heavy atom.